The SMILES string of the molecule is COc1cc([C@@H]2OC[C@@H]3[C@H]2CO[C@H]3c2ccc3c(c2)OCO3)cc(OC)c1OC. The van der Waals surface area contributed by atoms with Crippen molar-refractivity contribution in [2.75, 3.05) is 41.3 Å². The summed E-state index contributed by atoms with van der Waals surface area (Å²) in [4.78, 5) is 0. The number of hydrogen-bond donors (Lipinski definition) is 0. The van der Waals surface area contributed by atoms with Gasteiger partial charge in [0, 0.05) is 11.8 Å². The van der Waals surface area contributed by atoms with Gasteiger partial charge < -0.3 is 33.2 Å². The van der Waals surface area contributed by atoms with Gasteiger partial charge >= 0.3 is 0 Å². The van der Waals surface area contributed by atoms with Crippen LogP contribution in [0.1, 0.15) is 23.3 Å². The zero-order chi connectivity index (χ0) is 20.0. The van der Waals surface area contributed by atoms with Gasteiger partial charge in [0.2, 0.25) is 12.5 Å². The summed E-state index contributed by atoms with van der Waals surface area (Å²) < 4.78 is 39.8. The second kappa shape index (κ2) is 7.31. The van der Waals surface area contributed by atoms with E-state index in [1.54, 1.807) is 21.3 Å². The molecular weight excluding hydrogens is 376 g/mol. The molecule has 3 aliphatic rings. The molecule has 2 aromatic rings. The summed E-state index contributed by atoms with van der Waals surface area (Å²) in [5.74, 6) is 3.89. The molecule has 0 unspecified atom stereocenters. The number of hydrogen-bond acceptors (Lipinski definition) is 7. The molecule has 0 spiro atoms. The van der Waals surface area contributed by atoms with Crippen LogP contribution in [-0.4, -0.2) is 41.3 Å². The zero-order valence-corrected chi connectivity index (χ0v) is 16.7. The molecule has 0 saturated carbocycles. The Morgan fingerprint density at radius 2 is 1.34 bits per heavy atom. The predicted molar refractivity (Wildman–Crippen MR) is 103 cm³/mol. The van der Waals surface area contributed by atoms with Crippen LogP contribution in [0, 0.1) is 11.8 Å². The summed E-state index contributed by atoms with van der Waals surface area (Å²) in [7, 11) is 4.84. The standard InChI is InChI=1S/C22H24O7/c1-23-18-7-13(8-19(24-2)22(18)25-3)21-15-10-26-20(14(15)9-27-21)12-4-5-16-17(6-12)29-11-28-16/h4-8,14-15,20-21H,9-11H2,1-3H3/t14-,15-,20+,21+/m1/s1. The summed E-state index contributed by atoms with van der Waals surface area (Å²) in [6.07, 6.45) is -0.116. The highest BCUT2D eigenvalue weighted by Crippen LogP contribution is 2.52. The lowest BCUT2D eigenvalue weighted by Crippen LogP contribution is -2.14. The van der Waals surface area contributed by atoms with Gasteiger partial charge in [-0.3, -0.25) is 0 Å². The minimum atomic E-state index is -0.0901. The van der Waals surface area contributed by atoms with E-state index in [2.05, 4.69) is 0 Å². The maximum Gasteiger partial charge on any atom is 0.231 e. The highest BCUT2D eigenvalue weighted by Gasteiger charge is 2.48. The smallest absolute Gasteiger partial charge is 0.231 e. The van der Waals surface area contributed by atoms with Crippen molar-refractivity contribution in [3.8, 4) is 28.7 Å². The van der Waals surface area contributed by atoms with Gasteiger partial charge in [-0.15, -0.1) is 0 Å². The molecule has 29 heavy (non-hydrogen) atoms. The summed E-state index contributed by atoms with van der Waals surface area (Å²) in [6.45, 7) is 1.53. The Bertz CT molecular complexity index is 887. The van der Waals surface area contributed by atoms with Crippen LogP contribution in [0.3, 0.4) is 0 Å². The van der Waals surface area contributed by atoms with Gasteiger partial charge in [0.05, 0.1) is 46.8 Å². The lowest BCUT2D eigenvalue weighted by Gasteiger charge is -2.20. The fourth-order valence-corrected chi connectivity index (χ4v) is 4.59. The van der Waals surface area contributed by atoms with E-state index in [1.807, 2.05) is 30.3 Å². The molecule has 0 aliphatic carbocycles. The summed E-state index contributed by atoms with van der Waals surface area (Å²) in [5.41, 5.74) is 2.10. The molecular formula is C22H24O7. The monoisotopic (exact) mass is 400 g/mol. The van der Waals surface area contributed by atoms with Crippen LogP contribution in [0.2, 0.25) is 0 Å². The van der Waals surface area contributed by atoms with Gasteiger partial charge in [0.1, 0.15) is 0 Å². The molecule has 2 fully saturated rings. The molecule has 0 amide bonds. The van der Waals surface area contributed by atoms with Crippen molar-refractivity contribution in [1.82, 2.24) is 0 Å². The quantitative estimate of drug-likeness (QED) is 0.761. The Labute approximate surface area is 169 Å². The third kappa shape index (κ3) is 2.96. The molecule has 0 bridgehead atoms. The number of benzene rings is 2. The third-order valence-electron chi connectivity index (χ3n) is 6.00. The first kappa shape index (κ1) is 18.4. The Morgan fingerprint density at radius 1 is 0.724 bits per heavy atom. The topological polar surface area (TPSA) is 64.6 Å². The summed E-state index contributed by atoms with van der Waals surface area (Å²) in [6, 6.07) is 9.93. The summed E-state index contributed by atoms with van der Waals surface area (Å²) in [5, 5.41) is 0. The first-order chi connectivity index (χ1) is 14.2. The van der Waals surface area contributed by atoms with E-state index < -0.39 is 0 Å². The average molecular weight is 400 g/mol. The number of ether oxygens (including phenoxy) is 7. The largest absolute Gasteiger partial charge is 0.493 e. The Kier molecular flexibility index (Phi) is 4.64. The molecule has 7 nitrogen and oxygen atoms in total. The second-order valence-electron chi connectivity index (χ2n) is 7.41. The molecule has 2 aromatic carbocycles. The molecule has 154 valence electrons. The van der Waals surface area contributed by atoms with Crippen molar-refractivity contribution >= 4 is 0 Å². The molecule has 3 heterocycles. The van der Waals surface area contributed by atoms with Gasteiger partial charge in [-0.2, -0.15) is 0 Å². The predicted octanol–water partition coefficient (Wildman–Crippen LogP) is 3.52. The molecule has 7 heteroatoms. The van der Waals surface area contributed by atoms with E-state index in [0.29, 0.717) is 30.5 Å². The van der Waals surface area contributed by atoms with E-state index in [4.69, 9.17) is 33.2 Å². The van der Waals surface area contributed by atoms with Gasteiger partial charge in [0.15, 0.2) is 23.0 Å². The van der Waals surface area contributed by atoms with Crippen LogP contribution >= 0.6 is 0 Å². The van der Waals surface area contributed by atoms with Crippen molar-refractivity contribution in [1.29, 1.82) is 0 Å². The maximum absolute atomic E-state index is 6.24. The normalized spacial score (nSPS) is 27.0. The summed E-state index contributed by atoms with van der Waals surface area (Å²) >= 11 is 0. The lowest BCUT2D eigenvalue weighted by molar-refractivity contribution is 0.0191. The molecule has 4 atom stereocenters. The minimum absolute atomic E-state index is 0.0264. The van der Waals surface area contributed by atoms with Crippen LogP contribution in [0.5, 0.6) is 28.7 Å². The Hall–Kier alpha value is -2.64. The molecule has 0 aromatic heterocycles. The van der Waals surface area contributed by atoms with E-state index in [1.165, 1.54) is 0 Å². The Balaban J connectivity index is 1.42. The number of methoxy groups -OCH3 is 3. The number of rotatable bonds is 5. The molecule has 0 N–H and O–H groups in total. The van der Waals surface area contributed by atoms with E-state index in [9.17, 15) is 0 Å². The molecule has 3 aliphatic heterocycles. The van der Waals surface area contributed by atoms with Gasteiger partial charge in [-0.05, 0) is 35.4 Å². The molecule has 0 radical (unpaired) electrons. The average Bonchev–Trinajstić information content (AvgIpc) is 3.47. The van der Waals surface area contributed by atoms with Crippen LogP contribution in [-0.2, 0) is 9.47 Å². The fraction of sp³-hybridized carbons (Fsp3) is 0.455. The van der Waals surface area contributed by atoms with Crippen molar-refractivity contribution in [2.45, 2.75) is 12.2 Å². The highest BCUT2D eigenvalue weighted by molar-refractivity contribution is 5.54. The zero-order valence-electron chi connectivity index (χ0n) is 16.7. The van der Waals surface area contributed by atoms with Crippen LogP contribution in [0.4, 0.5) is 0 Å². The number of fused-ring (bicyclic) bond motifs is 2. The van der Waals surface area contributed by atoms with Crippen LogP contribution in [0.25, 0.3) is 0 Å². The Morgan fingerprint density at radius 3 is 1.97 bits per heavy atom. The van der Waals surface area contributed by atoms with E-state index in [-0.39, 0.29) is 30.8 Å². The maximum atomic E-state index is 6.24. The minimum Gasteiger partial charge on any atom is -0.493 e. The molecule has 5 rings (SSSR count). The van der Waals surface area contributed by atoms with Crippen molar-refractivity contribution in [3.05, 3.63) is 41.5 Å². The van der Waals surface area contributed by atoms with Gasteiger partial charge in [0.25, 0.3) is 0 Å². The van der Waals surface area contributed by atoms with Crippen molar-refractivity contribution < 1.29 is 33.2 Å². The second-order valence-corrected chi connectivity index (χ2v) is 7.41. The fourth-order valence-electron chi connectivity index (χ4n) is 4.59. The third-order valence-corrected chi connectivity index (χ3v) is 6.00. The van der Waals surface area contributed by atoms with Crippen molar-refractivity contribution in [3.63, 3.8) is 0 Å². The van der Waals surface area contributed by atoms with Gasteiger partial charge in [-0.1, -0.05) is 6.07 Å². The van der Waals surface area contributed by atoms with Crippen LogP contribution in [0.15, 0.2) is 30.3 Å². The van der Waals surface area contributed by atoms with E-state index >= 15 is 0 Å². The van der Waals surface area contributed by atoms with Crippen molar-refractivity contribution in [2.24, 2.45) is 11.8 Å². The van der Waals surface area contributed by atoms with Crippen LogP contribution < -0.4 is 23.7 Å². The first-order valence-corrected chi connectivity index (χ1v) is 9.66. The van der Waals surface area contributed by atoms with Gasteiger partial charge in [-0.25, -0.2) is 0 Å². The highest BCUT2D eigenvalue weighted by atomic mass is 16.7. The van der Waals surface area contributed by atoms with E-state index in [0.717, 1.165) is 22.6 Å². The lowest BCUT2D eigenvalue weighted by atomic mass is 9.85. The molecule has 2 saturated heterocycles. The first-order valence-electron chi connectivity index (χ1n) is 9.66.